The number of hydrogen-bond donors (Lipinski definition) is 0. The highest BCUT2D eigenvalue weighted by molar-refractivity contribution is 5.97. The van der Waals surface area contributed by atoms with Crippen molar-refractivity contribution in [3.8, 4) is 0 Å². The van der Waals surface area contributed by atoms with Crippen molar-refractivity contribution in [2.75, 3.05) is 6.61 Å². The van der Waals surface area contributed by atoms with Crippen LogP contribution in [0.25, 0.3) is 0 Å². The van der Waals surface area contributed by atoms with E-state index in [-0.39, 0.29) is 0 Å². The van der Waals surface area contributed by atoms with Gasteiger partial charge < -0.3 is 3.79 Å². The Kier molecular flexibility index (Phi) is 4.93. The summed E-state index contributed by atoms with van der Waals surface area (Å²) in [5.74, 6) is 0. The van der Waals surface area contributed by atoms with Gasteiger partial charge in [0.1, 0.15) is 0 Å². The van der Waals surface area contributed by atoms with Crippen molar-refractivity contribution in [1.29, 1.82) is 0 Å². The summed E-state index contributed by atoms with van der Waals surface area (Å²) in [4.78, 5) is 0. The van der Waals surface area contributed by atoms with Gasteiger partial charge in [-0.3, -0.25) is 0 Å². The first-order chi connectivity index (χ1) is 2.41. The SMILES string of the molecule is CCC[O][Al]. The maximum Gasteiger partial charge on any atom is 0.369 e. The summed E-state index contributed by atoms with van der Waals surface area (Å²) in [5, 5.41) is 0. The fourth-order valence-electron chi connectivity index (χ4n) is 0.118. The average Bonchev–Trinajstić information content (AvgIpc) is 1.41. The zero-order valence-electron chi connectivity index (χ0n) is 3.40. The molecule has 1 nitrogen and oxygen atoms in total. The Balaban J connectivity index is 2.19. The van der Waals surface area contributed by atoms with Gasteiger partial charge in [-0.25, -0.2) is 0 Å². The van der Waals surface area contributed by atoms with Crippen LogP contribution >= 0.6 is 0 Å². The Labute approximate surface area is 41.1 Å². The van der Waals surface area contributed by atoms with Gasteiger partial charge in [0.25, 0.3) is 0 Å². The van der Waals surface area contributed by atoms with E-state index in [1.54, 1.807) is 0 Å². The molecule has 0 amide bonds. The minimum Gasteiger partial charge on any atom is -0.516 e. The van der Waals surface area contributed by atoms with Crippen molar-refractivity contribution in [2.24, 2.45) is 0 Å². The molecule has 0 bridgehead atoms. The lowest BCUT2D eigenvalue weighted by molar-refractivity contribution is 0.349. The van der Waals surface area contributed by atoms with Crippen LogP contribution < -0.4 is 0 Å². The normalized spacial score (nSPS) is 8.20. The molecule has 0 aliphatic rings. The molecule has 0 rings (SSSR count). The standard InChI is InChI=1S/C3H7O.Al/c1-2-3-4;/h2-3H2,1H3;/q-1;+1. The van der Waals surface area contributed by atoms with E-state index in [0.717, 1.165) is 13.0 Å². The van der Waals surface area contributed by atoms with E-state index in [1.807, 2.05) is 0 Å². The highest BCUT2D eigenvalue weighted by Gasteiger charge is 1.65. The van der Waals surface area contributed by atoms with Crippen LogP contribution in [0.4, 0.5) is 0 Å². The summed E-state index contributed by atoms with van der Waals surface area (Å²) in [6, 6.07) is 0. The minimum absolute atomic E-state index is 0.852. The van der Waals surface area contributed by atoms with Gasteiger partial charge >= 0.3 is 16.6 Å². The highest BCUT2D eigenvalue weighted by atomic mass is 27.1. The maximum absolute atomic E-state index is 4.61. The van der Waals surface area contributed by atoms with Crippen LogP contribution in [0.3, 0.4) is 0 Å². The Morgan fingerprint density at radius 2 is 2.40 bits per heavy atom. The topological polar surface area (TPSA) is 9.23 Å². The molecule has 0 aromatic carbocycles. The molecule has 0 aromatic rings. The second kappa shape index (κ2) is 4.49. The van der Waals surface area contributed by atoms with E-state index < -0.39 is 0 Å². The molecule has 0 spiro atoms. The zero-order valence-corrected chi connectivity index (χ0v) is 4.55. The summed E-state index contributed by atoms with van der Waals surface area (Å²) in [6.45, 7) is 2.93. The van der Waals surface area contributed by atoms with Crippen molar-refractivity contribution in [1.82, 2.24) is 0 Å². The molecule has 28 valence electrons. The smallest absolute Gasteiger partial charge is 0.369 e. The first-order valence-corrected chi connectivity index (χ1v) is 2.20. The van der Waals surface area contributed by atoms with Crippen molar-refractivity contribution < 1.29 is 3.79 Å². The molecule has 0 fully saturated rings. The van der Waals surface area contributed by atoms with E-state index in [0.29, 0.717) is 0 Å². The van der Waals surface area contributed by atoms with Gasteiger partial charge in [-0.05, 0) is 6.42 Å². The van der Waals surface area contributed by atoms with Gasteiger partial charge in [-0.2, -0.15) is 0 Å². The predicted octanol–water partition coefficient (Wildman–Crippen LogP) is 0.496. The predicted molar refractivity (Wildman–Crippen MR) is 22.0 cm³/mol. The Morgan fingerprint density at radius 3 is 2.40 bits per heavy atom. The second-order valence-electron chi connectivity index (χ2n) is 0.871. The molecule has 0 aromatic heterocycles. The number of hydrogen-bond acceptors (Lipinski definition) is 1. The maximum atomic E-state index is 4.61. The van der Waals surface area contributed by atoms with E-state index in [1.165, 1.54) is 0 Å². The Morgan fingerprint density at radius 1 is 1.80 bits per heavy atom. The molecule has 5 heavy (non-hydrogen) atoms. The highest BCUT2D eigenvalue weighted by Crippen LogP contribution is 1.69. The average molecular weight is 86.1 g/mol. The fraction of sp³-hybridized carbons (Fsp3) is 1.00. The van der Waals surface area contributed by atoms with Gasteiger partial charge in [0.2, 0.25) is 0 Å². The molecule has 0 N–H and O–H groups in total. The van der Waals surface area contributed by atoms with Crippen molar-refractivity contribution in [2.45, 2.75) is 13.3 Å². The third-order valence-electron chi connectivity index (χ3n) is 0.322. The first kappa shape index (κ1) is 5.49. The van der Waals surface area contributed by atoms with Crippen LogP contribution in [0.5, 0.6) is 0 Å². The third-order valence-corrected chi connectivity index (χ3v) is 0.558. The van der Waals surface area contributed by atoms with E-state index in [9.17, 15) is 0 Å². The molecule has 2 heteroatoms. The summed E-state index contributed by atoms with van der Waals surface area (Å²) >= 11 is 2.20. The summed E-state index contributed by atoms with van der Waals surface area (Å²) in [7, 11) is 0. The first-order valence-electron chi connectivity index (χ1n) is 1.73. The largest absolute Gasteiger partial charge is 0.516 e. The van der Waals surface area contributed by atoms with E-state index in [4.69, 9.17) is 0 Å². The van der Waals surface area contributed by atoms with Crippen LogP contribution in [-0.2, 0) is 3.79 Å². The summed E-state index contributed by atoms with van der Waals surface area (Å²) in [6.07, 6.45) is 1.10. The quantitative estimate of drug-likeness (QED) is 0.444. The molecule has 0 saturated carbocycles. The molecule has 0 saturated heterocycles. The Hall–Kier alpha value is 0.492. The molecular weight excluding hydrogens is 79.0 g/mol. The van der Waals surface area contributed by atoms with Gasteiger partial charge in [0.15, 0.2) is 0 Å². The fourth-order valence-corrected chi connectivity index (χ4v) is 0.354. The van der Waals surface area contributed by atoms with Crippen LogP contribution in [-0.4, -0.2) is 23.2 Å². The van der Waals surface area contributed by atoms with Crippen molar-refractivity contribution >= 4 is 16.6 Å². The van der Waals surface area contributed by atoms with Gasteiger partial charge in [0, 0.05) is 6.61 Å². The molecule has 0 heterocycles. The van der Waals surface area contributed by atoms with E-state index in [2.05, 4.69) is 27.3 Å². The summed E-state index contributed by atoms with van der Waals surface area (Å²) < 4.78 is 4.61. The lowest BCUT2D eigenvalue weighted by Gasteiger charge is -1.87. The molecule has 0 aliphatic heterocycles. The van der Waals surface area contributed by atoms with Crippen molar-refractivity contribution in [3.05, 3.63) is 0 Å². The summed E-state index contributed by atoms with van der Waals surface area (Å²) in [5.41, 5.74) is 0. The van der Waals surface area contributed by atoms with Gasteiger partial charge in [-0.1, -0.05) is 6.92 Å². The Bertz CT molecular complexity index is 14.4. The van der Waals surface area contributed by atoms with Crippen LogP contribution in [0, 0.1) is 0 Å². The molecular formula is C3H7AlO. The van der Waals surface area contributed by atoms with Crippen LogP contribution in [0.2, 0.25) is 0 Å². The molecule has 2 radical (unpaired) electrons. The minimum atomic E-state index is 0.852. The van der Waals surface area contributed by atoms with Crippen molar-refractivity contribution in [3.63, 3.8) is 0 Å². The molecule has 0 unspecified atom stereocenters. The molecule has 0 atom stereocenters. The lowest BCUT2D eigenvalue weighted by atomic mass is 10.5. The number of rotatable bonds is 2. The monoisotopic (exact) mass is 86.0 g/mol. The lowest BCUT2D eigenvalue weighted by Crippen LogP contribution is -1.83. The van der Waals surface area contributed by atoms with Gasteiger partial charge in [0.05, 0.1) is 0 Å². The van der Waals surface area contributed by atoms with Gasteiger partial charge in [-0.15, -0.1) is 0 Å². The second-order valence-corrected chi connectivity index (χ2v) is 1.20. The van der Waals surface area contributed by atoms with E-state index >= 15 is 0 Å². The van der Waals surface area contributed by atoms with Crippen LogP contribution in [0.15, 0.2) is 0 Å². The third kappa shape index (κ3) is 4.49. The zero-order chi connectivity index (χ0) is 4.12. The van der Waals surface area contributed by atoms with Crippen LogP contribution in [0.1, 0.15) is 13.3 Å². The molecule has 0 aliphatic carbocycles.